The lowest BCUT2D eigenvalue weighted by molar-refractivity contribution is -0.131. The van der Waals surface area contributed by atoms with Crippen LogP contribution in [0.2, 0.25) is 5.02 Å². The summed E-state index contributed by atoms with van der Waals surface area (Å²) >= 11 is 6.30. The molecule has 9 heteroatoms. The zero-order valence-electron chi connectivity index (χ0n) is 17.6. The van der Waals surface area contributed by atoms with Gasteiger partial charge in [0.15, 0.2) is 0 Å². The predicted molar refractivity (Wildman–Crippen MR) is 117 cm³/mol. The number of amides is 3. The second kappa shape index (κ2) is 8.70. The summed E-state index contributed by atoms with van der Waals surface area (Å²) in [6, 6.07) is 7.56. The number of benzene rings is 1. The minimum Gasteiger partial charge on any atom is -0.336 e. The van der Waals surface area contributed by atoms with E-state index in [0.717, 1.165) is 18.4 Å². The molecule has 3 atom stereocenters. The lowest BCUT2D eigenvalue weighted by atomic mass is 10.0. The summed E-state index contributed by atoms with van der Waals surface area (Å²) in [4.78, 5) is 40.1. The van der Waals surface area contributed by atoms with E-state index in [2.05, 4.69) is 10.4 Å². The minimum atomic E-state index is -0.208. The Morgan fingerprint density at radius 1 is 1.16 bits per heavy atom. The molecule has 1 aliphatic heterocycles. The molecule has 1 aliphatic carbocycles. The Bertz CT molecular complexity index is 993. The summed E-state index contributed by atoms with van der Waals surface area (Å²) in [6.45, 7) is 4.81. The number of halogens is 1. The molecule has 0 bridgehead atoms. The number of carbonyl (C=O) groups is 3. The third-order valence-corrected chi connectivity index (χ3v) is 6.61. The van der Waals surface area contributed by atoms with E-state index in [9.17, 15) is 14.4 Å². The Hall–Kier alpha value is -2.87. The van der Waals surface area contributed by atoms with Gasteiger partial charge in [0, 0.05) is 44.5 Å². The lowest BCUT2D eigenvalue weighted by Crippen LogP contribution is -2.39. The number of fused-ring (bicyclic) bond motifs is 1. The SMILES string of the molecule is CC(=O)Nc1cnn(C(=O)N2C[C@H]3CC(N(Cc4ccccc4Cl)C(C)=O)C[C@H]3C2)c1. The highest BCUT2D eigenvalue weighted by Crippen LogP contribution is 2.41. The molecule has 2 fully saturated rings. The maximum atomic E-state index is 12.8. The maximum absolute atomic E-state index is 12.8. The van der Waals surface area contributed by atoms with Gasteiger partial charge in [-0.1, -0.05) is 29.8 Å². The van der Waals surface area contributed by atoms with Crippen LogP contribution in [-0.4, -0.2) is 56.6 Å². The average molecular weight is 444 g/mol. The Kier molecular flexibility index (Phi) is 6.00. The smallest absolute Gasteiger partial charge is 0.336 e. The number of hydrogen-bond donors (Lipinski definition) is 1. The van der Waals surface area contributed by atoms with Gasteiger partial charge in [-0.2, -0.15) is 9.78 Å². The average Bonchev–Trinajstić information content (AvgIpc) is 3.41. The summed E-state index contributed by atoms with van der Waals surface area (Å²) in [5, 5.41) is 7.37. The fraction of sp³-hybridized carbons (Fsp3) is 0.455. The van der Waals surface area contributed by atoms with Crippen molar-refractivity contribution in [2.45, 2.75) is 39.3 Å². The van der Waals surface area contributed by atoms with Crippen molar-refractivity contribution >= 4 is 35.1 Å². The molecule has 1 unspecified atom stereocenters. The molecule has 2 aliphatic rings. The van der Waals surface area contributed by atoms with Gasteiger partial charge in [-0.3, -0.25) is 9.59 Å². The van der Waals surface area contributed by atoms with Crippen LogP contribution in [0.15, 0.2) is 36.7 Å². The standard InChI is InChI=1S/C22H26ClN5O3/c1-14(29)25-19-9-24-28(13-19)22(31)26-10-17-7-20(8-18(17)11-26)27(15(2)30)12-16-5-3-4-6-21(16)23/h3-6,9,13,17-18,20H,7-8,10-12H2,1-2H3,(H,25,29)/t17-,18+,20?. The van der Waals surface area contributed by atoms with Crippen molar-refractivity contribution in [3.05, 3.63) is 47.2 Å². The Labute approximate surface area is 186 Å². The monoisotopic (exact) mass is 443 g/mol. The first-order valence-corrected chi connectivity index (χ1v) is 10.8. The zero-order valence-corrected chi connectivity index (χ0v) is 18.4. The van der Waals surface area contributed by atoms with Gasteiger partial charge in [0.05, 0.1) is 18.1 Å². The van der Waals surface area contributed by atoms with Gasteiger partial charge in [-0.05, 0) is 36.3 Å². The molecular weight excluding hydrogens is 418 g/mol. The summed E-state index contributed by atoms with van der Waals surface area (Å²) in [5.41, 5.74) is 1.44. The summed E-state index contributed by atoms with van der Waals surface area (Å²) < 4.78 is 1.27. The van der Waals surface area contributed by atoms with Crippen molar-refractivity contribution in [1.29, 1.82) is 0 Å². The highest BCUT2D eigenvalue weighted by molar-refractivity contribution is 6.31. The molecular formula is C22H26ClN5O3. The molecule has 164 valence electrons. The number of anilines is 1. The number of rotatable bonds is 4. The first-order valence-electron chi connectivity index (χ1n) is 10.4. The van der Waals surface area contributed by atoms with Crippen LogP contribution in [0.3, 0.4) is 0 Å². The van der Waals surface area contributed by atoms with Gasteiger partial charge < -0.3 is 15.1 Å². The number of nitrogens with one attached hydrogen (secondary N) is 1. The first-order chi connectivity index (χ1) is 14.8. The summed E-state index contributed by atoms with van der Waals surface area (Å²) in [7, 11) is 0. The second-order valence-electron chi connectivity index (χ2n) is 8.43. The van der Waals surface area contributed by atoms with Crippen molar-refractivity contribution in [3.8, 4) is 0 Å². The molecule has 3 amide bonds. The van der Waals surface area contributed by atoms with Crippen molar-refractivity contribution in [2.75, 3.05) is 18.4 Å². The van der Waals surface area contributed by atoms with Crippen molar-refractivity contribution in [1.82, 2.24) is 19.6 Å². The van der Waals surface area contributed by atoms with Gasteiger partial charge in [0.1, 0.15) is 0 Å². The van der Waals surface area contributed by atoms with E-state index in [1.807, 2.05) is 34.1 Å². The van der Waals surface area contributed by atoms with E-state index in [1.54, 1.807) is 6.92 Å². The van der Waals surface area contributed by atoms with E-state index in [0.29, 0.717) is 42.2 Å². The van der Waals surface area contributed by atoms with Gasteiger partial charge in [0.2, 0.25) is 11.8 Å². The third-order valence-electron chi connectivity index (χ3n) is 6.24. The number of hydrogen-bond acceptors (Lipinski definition) is 4. The van der Waals surface area contributed by atoms with Crippen LogP contribution in [0, 0.1) is 11.8 Å². The molecule has 0 radical (unpaired) electrons. The molecule has 1 aromatic heterocycles. The van der Waals surface area contributed by atoms with E-state index >= 15 is 0 Å². The largest absolute Gasteiger partial charge is 0.344 e. The van der Waals surface area contributed by atoms with Crippen LogP contribution >= 0.6 is 11.6 Å². The second-order valence-corrected chi connectivity index (χ2v) is 8.83. The minimum absolute atomic E-state index is 0.0415. The van der Waals surface area contributed by atoms with Gasteiger partial charge in [-0.25, -0.2) is 4.79 Å². The summed E-state index contributed by atoms with van der Waals surface area (Å²) in [5.74, 6) is 0.542. The Morgan fingerprint density at radius 3 is 2.45 bits per heavy atom. The quantitative estimate of drug-likeness (QED) is 0.785. The molecule has 31 heavy (non-hydrogen) atoms. The molecule has 4 rings (SSSR count). The van der Waals surface area contributed by atoms with E-state index in [4.69, 9.17) is 11.6 Å². The van der Waals surface area contributed by atoms with Crippen LogP contribution in [0.1, 0.15) is 32.3 Å². The van der Waals surface area contributed by atoms with Crippen molar-refractivity contribution < 1.29 is 14.4 Å². The molecule has 0 spiro atoms. The van der Waals surface area contributed by atoms with Gasteiger partial charge >= 0.3 is 6.03 Å². The topological polar surface area (TPSA) is 87.5 Å². The first kappa shape index (κ1) is 21.4. The molecule has 2 heterocycles. The molecule has 8 nitrogen and oxygen atoms in total. The highest BCUT2D eigenvalue weighted by Gasteiger charge is 2.45. The van der Waals surface area contributed by atoms with Crippen molar-refractivity contribution in [3.63, 3.8) is 0 Å². The third kappa shape index (κ3) is 4.58. The van der Waals surface area contributed by atoms with Crippen LogP contribution in [0.25, 0.3) is 0 Å². The lowest BCUT2D eigenvalue weighted by Gasteiger charge is -2.30. The fourth-order valence-electron chi connectivity index (χ4n) is 4.83. The van der Waals surface area contributed by atoms with Crippen LogP contribution < -0.4 is 5.32 Å². The van der Waals surface area contributed by atoms with Gasteiger partial charge in [0.25, 0.3) is 0 Å². The van der Waals surface area contributed by atoms with E-state index in [1.165, 1.54) is 24.0 Å². The number of aromatic nitrogens is 2. The zero-order chi connectivity index (χ0) is 22.1. The number of nitrogens with zero attached hydrogens (tertiary/aromatic N) is 4. The highest BCUT2D eigenvalue weighted by atomic mass is 35.5. The van der Waals surface area contributed by atoms with Crippen molar-refractivity contribution in [2.24, 2.45) is 11.8 Å². The van der Waals surface area contributed by atoms with Crippen LogP contribution in [0.5, 0.6) is 0 Å². The van der Waals surface area contributed by atoms with Crippen LogP contribution in [0.4, 0.5) is 10.5 Å². The Morgan fingerprint density at radius 2 is 1.84 bits per heavy atom. The van der Waals surface area contributed by atoms with Gasteiger partial charge in [-0.15, -0.1) is 0 Å². The number of carbonyl (C=O) groups excluding carboxylic acids is 3. The molecule has 1 saturated heterocycles. The molecule has 2 aromatic rings. The normalized spacial score (nSPS) is 22.3. The molecule has 1 N–H and O–H groups in total. The van der Waals surface area contributed by atoms with Crippen LogP contribution in [-0.2, 0) is 16.1 Å². The maximum Gasteiger partial charge on any atom is 0.344 e. The van der Waals surface area contributed by atoms with E-state index < -0.39 is 0 Å². The summed E-state index contributed by atoms with van der Waals surface area (Å²) in [6.07, 6.45) is 4.73. The fourth-order valence-corrected chi connectivity index (χ4v) is 5.02. The van der Waals surface area contributed by atoms with E-state index in [-0.39, 0.29) is 23.9 Å². The molecule has 1 aromatic carbocycles. The predicted octanol–water partition coefficient (Wildman–Crippen LogP) is 3.22. The number of likely N-dealkylation sites (tertiary alicyclic amines) is 1. The molecule has 1 saturated carbocycles. The Balaban J connectivity index is 1.38.